The van der Waals surface area contributed by atoms with Crippen molar-refractivity contribution in [2.75, 3.05) is 31.6 Å². The third-order valence-corrected chi connectivity index (χ3v) is 5.81. The second-order valence-corrected chi connectivity index (χ2v) is 7.05. The van der Waals surface area contributed by atoms with Gasteiger partial charge >= 0.3 is 0 Å². The molecule has 0 spiro atoms. The molecule has 0 aromatic carbocycles. The fourth-order valence-electron chi connectivity index (χ4n) is 2.46. The molecule has 0 amide bonds. The van der Waals surface area contributed by atoms with Crippen molar-refractivity contribution in [1.82, 2.24) is 4.90 Å². The summed E-state index contributed by atoms with van der Waals surface area (Å²) in [5.74, 6) is 2.53. The quantitative estimate of drug-likeness (QED) is 0.891. The van der Waals surface area contributed by atoms with Gasteiger partial charge in [0, 0.05) is 23.5 Å². The lowest BCUT2D eigenvalue weighted by atomic mass is 9.90. The van der Waals surface area contributed by atoms with E-state index in [1.165, 1.54) is 29.2 Å². The van der Waals surface area contributed by atoms with E-state index in [9.17, 15) is 0 Å². The SMILES string of the molecule is CN(CCc1cccs1)C1(CN)CCSCC1. The van der Waals surface area contributed by atoms with Crippen LogP contribution in [0.5, 0.6) is 0 Å². The van der Waals surface area contributed by atoms with Gasteiger partial charge < -0.3 is 5.73 Å². The first-order valence-corrected chi connectivity index (χ1v) is 8.32. The highest BCUT2D eigenvalue weighted by Gasteiger charge is 2.34. The third kappa shape index (κ3) is 3.25. The van der Waals surface area contributed by atoms with Gasteiger partial charge in [0.05, 0.1) is 0 Å². The molecule has 96 valence electrons. The summed E-state index contributed by atoms with van der Waals surface area (Å²) >= 11 is 3.92. The van der Waals surface area contributed by atoms with Crippen molar-refractivity contribution in [1.29, 1.82) is 0 Å². The van der Waals surface area contributed by atoms with Crippen LogP contribution in [0.15, 0.2) is 17.5 Å². The van der Waals surface area contributed by atoms with Crippen molar-refractivity contribution in [2.45, 2.75) is 24.8 Å². The Labute approximate surface area is 113 Å². The average molecular weight is 270 g/mol. The molecule has 1 saturated heterocycles. The first kappa shape index (κ1) is 13.4. The van der Waals surface area contributed by atoms with E-state index in [1.807, 2.05) is 11.3 Å². The zero-order chi connectivity index (χ0) is 12.1. The summed E-state index contributed by atoms with van der Waals surface area (Å²) in [5.41, 5.74) is 6.31. The van der Waals surface area contributed by atoms with Crippen LogP contribution in [0.25, 0.3) is 0 Å². The Bertz CT molecular complexity index is 318. The monoisotopic (exact) mass is 270 g/mol. The van der Waals surface area contributed by atoms with Crippen molar-refractivity contribution in [3.05, 3.63) is 22.4 Å². The van der Waals surface area contributed by atoms with E-state index in [4.69, 9.17) is 5.73 Å². The van der Waals surface area contributed by atoms with Crippen LogP contribution >= 0.6 is 23.1 Å². The second-order valence-electron chi connectivity index (χ2n) is 4.79. The highest BCUT2D eigenvalue weighted by atomic mass is 32.2. The molecule has 2 nitrogen and oxygen atoms in total. The number of nitrogens with zero attached hydrogens (tertiary/aromatic N) is 1. The maximum absolute atomic E-state index is 6.04. The Balaban J connectivity index is 1.90. The average Bonchev–Trinajstić information content (AvgIpc) is 2.90. The van der Waals surface area contributed by atoms with Gasteiger partial charge in [-0.15, -0.1) is 11.3 Å². The fraction of sp³-hybridized carbons (Fsp3) is 0.692. The highest BCUT2D eigenvalue weighted by molar-refractivity contribution is 7.99. The molecule has 1 aromatic heterocycles. The van der Waals surface area contributed by atoms with Crippen LogP contribution in [0.1, 0.15) is 17.7 Å². The van der Waals surface area contributed by atoms with Crippen molar-refractivity contribution >= 4 is 23.1 Å². The van der Waals surface area contributed by atoms with Crippen molar-refractivity contribution in [2.24, 2.45) is 5.73 Å². The molecule has 2 N–H and O–H groups in total. The Morgan fingerprint density at radius 3 is 2.76 bits per heavy atom. The van der Waals surface area contributed by atoms with Gasteiger partial charge in [-0.2, -0.15) is 11.8 Å². The number of nitrogens with two attached hydrogens (primary N) is 1. The van der Waals surface area contributed by atoms with E-state index < -0.39 is 0 Å². The number of thiophene rings is 1. The largest absolute Gasteiger partial charge is 0.329 e. The summed E-state index contributed by atoms with van der Waals surface area (Å²) in [6.45, 7) is 1.93. The maximum Gasteiger partial charge on any atom is 0.0344 e. The Morgan fingerprint density at radius 2 is 2.18 bits per heavy atom. The van der Waals surface area contributed by atoms with Gasteiger partial charge in [0.2, 0.25) is 0 Å². The molecular formula is C13H22N2S2. The predicted octanol–water partition coefficient (Wildman–Crippen LogP) is 2.45. The van der Waals surface area contributed by atoms with Crippen LogP contribution in [0.3, 0.4) is 0 Å². The molecule has 1 aromatic rings. The lowest BCUT2D eigenvalue weighted by Gasteiger charge is -2.44. The molecule has 0 unspecified atom stereocenters. The Morgan fingerprint density at radius 1 is 1.41 bits per heavy atom. The van der Waals surface area contributed by atoms with Crippen molar-refractivity contribution in [3.8, 4) is 0 Å². The molecule has 1 aliphatic rings. The maximum atomic E-state index is 6.04. The van der Waals surface area contributed by atoms with Crippen LogP contribution in [0, 0.1) is 0 Å². The van der Waals surface area contributed by atoms with Crippen LogP contribution in [-0.4, -0.2) is 42.1 Å². The number of hydrogen-bond acceptors (Lipinski definition) is 4. The molecule has 2 rings (SSSR count). The van der Waals surface area contributed by atoms with E-state index in [0.717, 1.165) is 19.5 Å². The predicted molar refractivity (Wildman–Crippen MR) is 79.0 cm³/mol. The minimum Gasteiger partial charge on any atom is -0.329 e. The molecule has 2 heterocycles. The topological polar surface area (TPSA) is 29.3 Å². The molecule has 0 saturated carbocycles. The number of likely N-dealkylation sites (N-methyl/N-ethyl adjacent to an activating group) is 1. The minimum absolute atomic E-state index is 0.266. The van der Waals surface area contributed by atoms with Crippen LogP contribution in [0.4, 0.5) is 0 Å². The zero-order valence-corrected chi connectivity index (χ0v) is 12.2. The first-order chi connectivity index (χ1) is 8.27. The molecule has 1 fully saturated rings. The Kier molecular flexibility index (Phi) is 4.91. The van der Waals surface area contributed by atoms with E-state index >= 15 is 0 Å². The van der Waals surface area contributed by atoms with Gasteiger partial charge in [-0.1, -0.05) is 6.07 Å². The lowest BCUT2D eigenvalue weighted by Crippen LogP contribution is -2.54. The number of hydrogen-bond donors (Lipinski definition) is 1. The molecular weight excluding hydrogens is 248 g/mol. The summed E-state index contributed by atoms with van der Waals surface area (Å²) in [5, 5.41) is 2.16. The summed E-state index contributed by atoms with van der Waals surface area (Å²) in [7, 11) is 2.25. The van der Waals surface area contributed by atoms with E-state index in [0.29, 0.717) is 0 Å². The summed E-state index contributed by atoms with van der Waals surface area (Å²) in [4.78, 5) is 3.99. The van der Waals surface area contributed by atoms with Crippen molar-refractivity contribution in [3.63, 3.8) is 0 Å². The van der Waals surface area contributed by atoms with Crippen LogP contribution < -0.4 is 5.73 Å². The normalized spacial score (nSPS) is 19.7. The number of thioether (sulfide) groups is 1. The first-order valence-electron chi connectivity index (χ1n) is 6.28. The van der Waals surface area contributed by atoms with Gasteiger partial charge in [0.1, 0.15) is 0 Å². The molecule has 0 aliphatic carbocycles. The summed E-state index contributed by atoms with van der Waals surface area (Å²) in [6, 6.07) is 4.36. The number of rotatable bonds is 5. The molecule has 0 radical (unpaired) electrons. The van der Waals surface area contributed by atoms with E-state index in [1.54, 1.807) is 0 Å². The summed E-state index contributed by atoms with van der Waals surface area (Å²) < 4.78 is 0. The molecule has 17 heavy (non-hydrogen) atoms. The smallest absolute Gasteiger partial charge is 0.0344 e. The minimum atomic E-state index is 0.266. The molecule has 0 bridgehead atoms. The van der Waals surface area contributed by atoms with Gasteiger partial charge in [-0.05, 0) is 49.3 Å². The van der Waals surface area contributed by atoms with Crippen molar-refractivity contribution < 1.29 is 0 Å². The highest BCUT2D eigenvalue weighted by Crippen LogP contribution is 2.31. The van der Waals surface area contributed by atoms with Crippen LogP contribution in [-0.2, 0) is 6.42 Å². The van der Waals surface area contributed by atoms with Gasteiger partial charge in [0.15, 0.2) is 0 Å². The standard InChI is InChI=1S/C13H22N2S2/c1-15(7-4-12-3-2-8-17-12)13(11-14)5-9-16-10-6-13/h2-3,8H,4-7,9-11,14H2,1H3. The van der Waals surface area contributed by atoms with E-state index in [2.05, 4.69) is 41.2 Å². The lowest BCUT2D eigenvalue weighted by molar-refractivity contribution is 0.117. The van der Waals surface area contributed by atoms with Gasteiger partial charge in [0.25, 0.3) is 0 Å². The van der Waals surface area contributed by atoms with Gasteiger partial charge in [-0.25, -0.2) is 0 Å². The Hall–Kier alpha value is -0.0300. The molecule has 1 aliphatic heterocycles. The molecule has 0 atom stereocenters. The third-order valence-electron chi connectivity index (χ3n) is 3.89. The van der Waals surface area contributed by atoms with Crippen LogP contribution in [0.2, 0.25) is 0 Å². The van der Waals surface area contributed by atoms with Gasteiger partial charge in [-0.3, -0.25) is 4.90 Å². The summed E-state index contributed by atoms with van der Waals surface area (Å²) in [6.07, 6.45) is 3.65. The van der Waals surface area contributed by atoms with E-state index in [-0.39, 0.29) is 5.54 Å². The zero-order valence-electron chi connectivity index (χ0n) is 10.5. The second kappa shape index (κ2) is 6.23. The fourth-order valence-corrected chi connectivity index (χ4v) is 4.41. The molecule has 4 heteroatoms.